The average Bonchev–Trinajstić information content (AvgIpc) is 2.98. The largest absolute Gasteiger partial charge is 0.476 e. The highest BCUT2D eigenvalue weighted by molar-refractivity contribution is 7.80. The second kappa shape index (κ2) is 6.17. The van der Waals surface area contributed by atoms with Gasteiger partial charge in [-0.25, -0.2) is 4.79 Å². The molecule has 1 aromatic carbocycles. The van der Waals surface area contributed by atoms with Crippen LogP contribution in [0.4, 0.5) is 0 Å². The number of nitrogens with zero attached hydrogens (tertiary/aromatic N) is 2. The van der Waals surface area contributed by atoms with Crippen LogP contribution in [-0.4, -0.2) is 38.7 Å². The van der Waals surface area contributed by atoms with Gasteiger partial charge >= 0.3 is 5.97 Å². The highest BCUT2D eigenvalue weighted by Gasteiger charge is 2.28. The average molecular weight is 331 g/mol. The van der Waals surface area contributed by atoms with Gasteiger partial charge in [0.2, 0.25) is 0 Å². The van der Waals surface area contributed by atoms with Gasteiger partial charge < -0.3 is 14.5 Å². The number of fused-ring (bicyclic) bond motifs is 1. The van der Waals surface area contributed by atoms with Crippen molar-refractivity contribution in [1.29, 1.82) is 0 Å². The molecule has 0 unspecified atom stereocenters. The van der Waals surface area contributed by atoms with Crippen LogP contribution in [0.3, 0.4) is 0 Å². The van der Waals surface area contributed by atoms with Gasteiger partial charge in [0.1, 0.15) is 5.76 Å². The molecule has 1 aliphatic rings. The summed E-state index contributed by atoms with van der Waals surface area (Å²) in [4.78, 5) is 25.0. The van der Waals surface area contributed by atoms with E-state index in [0.717, 1.165) is 0 Å². The van der Waals surface area contributed by atoms with Crippen molar-refractivity contribution < 1.29 is 19.2 Å². The molecular weight excluding hydrogens is 318 g/mol. The quantitative estimate of drug-likeness (QED) is 0.804. The molecular formula is C15H13N3O4S. The Morgan fingerprint density at radius 3 is 2.74 bits per heavy atom. The highest BCUT2D eigenvalue weighted by Crippen LogP contribution is 2.22. The van der Waals surface area contributed by atoms with E-state index >= 15 is 0 Å². The summed E-state index contributed by atoms with van der Waals surface area (Å²) in [7, 11) is 0. The van der Waals surface area contributed by atoms with Gasteiger partial charge in [-0.15, -0.1) is 0 Å². The molecule has 2 heterocycles. The predicted molar refractivity (Wildman–Crippen MR) is 84.1 cm³/mol. The number of aromatic carboxylic acids is 1. The summed E-state index contributed by atoms with van der Waals surface area (Å²) in [6, 6.07) is 8.73. The smallest absolute Gasteiger partial charge is 0.358 e. The Labute approximate surface area is 136 Å². The maximum absolute atomic E-state index is 12.1. The van der Waals surface area contributed by atoms with Crippen LogP contribution in [0.25, 0.3) is 0 Å². The Balaban J connectivity index is 1.71. The summed E-state index contributed by atoms with van der Waals surface area (Å²) < 4.78 is 5.04. The maximum Gasteiger partial charge on any atom is 0.358 e. The number of rotatable bonds is 2. The third-order valence-electron chi connectivity index (χ3n) is 3.57. The molecule has 1 aromatic heterocycles. The summed E-state index contributed by atoms with van der Waals surface area (Å²) in [6.45, 7) is 0.767. The van der Waals surface area contributed by atoms with Crippen LogP contribution >= 0.6 is 12.2 Å². The van der Waals surface area contributed by atoms with Crippen LogP contribution in [0.15, 0.2) is 34.9 Å². The topological polar surface area (TPSA) is 95.7 Å². The molecule has 0 spiro atoms. The van der Waals surface area contributed by atoms with E-state index < -0.39 is 5.97 Å². The van der Waals surface area contributed by atoms with Crippen molar-refractivity contribution in [3.63, 3.8) is 0 Å². The molecule has 0 radical (unpaired) electrons. The Morgan fingerprint density at radius 1 is 1.30 bits per heavy atom. The molecule has 1 aliphatic heterocycles. The first-order chi connectivity index (χ1) is 11.1. The van der Waals surface area contributed by atoms with E-state index in [4.69, 9.17) is 21.8 Å². The minimum atomic E-state index is -1.14. The molecule has 2 aromatic rings. The van der Waals surface area contributed by atoms with E-state index in [1.807, 2.05) is 6.07 Å². The van der Waals surface area contributed by atoms with Crippen LogP contribution < -0.4 is 5.32 Å². The van der Waals surface area contributed by atoms with Crippen molar-refractivity contribution in [3.05, 3.63) is 52.9 Å². The first-order valence-corrected chi connectivity index (χ1v) is 7.33. The lowest BCUT2D eigenvalue weighted by atomic mass is 10.1. The van der Waals surface area contributed by atoms with E-state index in [1.165, 1.54) is 0 Å². The molecule has 0 fully saturated rings. The summed E-state index contributed by atoms with van der Waals surface area (Å²) in [5, 5.41) is 15.6. The Bertz CT molecular complexity index is 772. The monoisotopic (exact) mass is 331 g/mol. The lowest BCUT2D eigenvalue weighted by Crippen LogP contribution is -2.44. The van der Waals surface area contributed by atoms with E-state index in [9.17, 15) is 9.59 Å². The number of carboxylic acid groups (broad SMARTS) is 1. The molecule has 118 valence electrons. The number of thiocarbonyl (C=S) groups is 1. The number of aromatic nitrogens is 1. The first-order valence-electron chi connectivity index (χ1n) is 6.92. The fourth-order valence-electron chi connectivity index (χ4n) is 2.39. The lowest BCUT2D eigenvalue weighted by molar-refractivity contribution is 0.0683. The lowest BCUT2D eigenvalue weighted by Gasteiger charge is -2.28. The first kappa shape index (κ1) is 15.2. The molecule has 8 heteroatoms. The van der Waals surface area contributed by atoms with Gasteiger partial charge in [-0.2, -0.15) is 0 Å². The molecule has 0 saturated carbocycles. The van der Waals surface area contributed by atoms with Gasteiger partial charge in [0.05, 0.1) is 6.54 Å². The number of carbonyl (C=O) groups is 2. The molecule has 1 amide bonds. The van der Waals surface area contributed by atoms with Gasteiger partial charge in [-0.05, 0) is 24.4 Å². The fraction of sp³-hybridized carbons (Fsp3) is 0.200. The van der Waals surface area contributed by atoms with Crippen molar-refractivity contribution in [2.24, 2.45) is 0 Å². The van der Waals surface area contributed by atoms with Crippen molar-refractivity contribution in [3.8, 4) is 0 Å². The summed E-state index contributed by atoms with van der Waals surface area (Å²) in [6.07, 6.45) is 0.483. The molecule has 0 saturated heterocycles. The number of hydrogen-bond donors (Lipinski definition) is 2. The minimum Gasteiger partial charge on any atom is -0.476 e. The zero-order valence-electron chi connectivity index (χ0n) is 12.0. The summed E-state index contributed by atoms with van der Waals surface area (Å²) in [5.41, 5.74) is 0.894. The number of nitrogens with one attached hydrogen (secondary N) is 1. The second-order valence-corrected chi connectivity index (χ2v) is 5.42. The van der Waals surface area contributed by atoms with Crippen LogP contribution in [0, 0.1) is 0 Å². The van der Waals surface area contributed by atoms with Crippen molar-refractivity contribution in [2.45, 2.75) is 13.0 Å². The van der Waals surface area contributed by atoms with Crippen molar-refractivity contribution in [1.82, 2.24) is 15.4 Å². The molecule has 2 N–H and O–H groups in total. The van der Waals surface area contributed by atoms with E-state index in [0.29, 0.717) is 29.9 Å². The Hall–Kier alpha value is -2.74. The summed E-state index contributed by atoms with van der Waals surface area (Å²) >= 11 is 5.26. The number of hydrogen-bond acceptors (Lipinski definition) is 5. The zero-order valence-corrected chi connectivity index (χ0v) is 12.8. The Kier molecular flexibility index (Phi) is 4.07. The van der Waals surface area contributed by atoms with Gasteiger partial charge in [0.25, 0.3) is 5.91 Å². The van der Waals surface area contributed by atoms with Crippen LogP contribution in [0.5, 0.6) is 0 Å². The molecule has 0 aliphatic carbocycles. The number of carboxylic acids is 1. The molecule has 7 nitrogen and oxygen atoms in total. The van der Waals surface area contributed by atoms with Crippen molar-refractivity contribution >= 4 is 29.2 Å². The summed E-state index contributed by atoms with van der Waals surface area (Å²) in [5.74, 6) is -0.892. The number of amides is 1. The fourth-order valence-corrected chi connectivity index (χ4v) is 2.64. The van der Waals surface area contributed by atoms with Crippen LogP contribution in [-0.2, 0) is 13.0 Å². The molecule has 23 heavy (non-hydrogen) atoms. The zero-order chi connectivity index (χ0) is 16.4. The SMILES string of the molecule is O=C(NC(=S)N1CCc2onc(C(=O)O)c2C1)c1ccccc1. The predicted octanol–water partition coefficient (Wildman–Crippen LogP) is 1.45. The van der Waals surface area contributed by atoms with Gasteiger partial charge in [0.15, 0.2) is 10.8 Å². The van der Waals surface area contributed by atoms with Gasteiger partial charge in [-0.3, -0.25) is 10.1 Å². The van der Waals surface area contributed by atoms with E-state index in [1.54, 1.807) is 29.2 Å². The third-order valence-corrected chi connectivity index (χ3v) is 3.93. The maximum atomic E-state index is 12.1. The second-order valence-electron chi connectivity index (χ2n) is 5.03. The normalized spacial score (nSPS) is 13.3. The minimum absolute atomic E-state index is 0.109. The number of benzene rings is 1. The third kappa shape index (κ3) is 3.07. The van der Waals surface area contributed by atoms with Crippen LogP contribution in [0.2, 0.25) is 0 Å². The molecule has 0 bridgehead atoms. The van der Waals surface area contributed by atoms with Gasteiger partial charge in [-0.1, -0.05) is 23.4 Å². The molecule has 3 rings (SSSR count). The van der Waals surface area contributed by atoms with Gasteiger partial charge in [0, 0.05) is 24.1 Å². The molecule has 0 atom stereocenters. The highest BCUT2D eigenvalue weighted by atomic mass is 32.1. The standard InChI is InChI=1S/C15H13N3O4S/c19-13(9-4-2-1-3-5-9)16-15(23)18-7-6-11-10(8-18)12(14(20)21)17-22-11/h1-5H,6-8H2,(H,20,21)(H,16,19,23). The van der Waals surface area contributed by atoms with E-state index in [-0.39, 0.29) is 23.3 Å². The number of carbonyl (C=O) groups excluding carboxylic acids is 1. The van der Waals surface area contributed by atoms with Crippen LogP contribution in [0.1, 0.15) is 32.2 Å². The van der Waals surface area contributed by atoms with E-state index in [2.05, 4.69) is 10.5 Å². The van der Waals surface area contributed by atoms with Crippen molar-refractivity contribution in [2.75, 3.05) is 6.54 Å². The Morgan fingerprint density at radius 2 is 2.04 bits per heavy atom.